The van der Waals surface area contributed by atoms with Crippen molar-refractivity contribution >= 4 is 29.1 Å². The third-order valence-corrected chi connectivity index (χ3v) is 5.22. The Morgan fingerprint density at radius 1 is 1.31 bits per heavy atom. The van der Waals surface area contributed by atoms with E-state index in [1.807, 2.05) is 54.8 Å². The van der Waals surface area contributed by atoms with Crippen molar-refractivity contribution in [1.82, 2.24) is 4.68 Å². The van der Waals surface area contributed by atoms with Crippen LogP contribution in [0.2, 0.25) is 0 Å². The third kappa shape index (κ3) is 3.93. The number of rotatable bonds is 5. The van der Waals surface area contributed by atoms with Crippen LogP contribution in [-0.4, -0.2) is 37.1 Å². The van der Waals surface area contributed by atoms with Crippen LogP contribution in [0.4, 0.5) is 5.69 Å². The summed E-state index contributed by atoms with van der Waals surface area (Å²) in [7, 11) is 1.73. The molecule has 4 rings (SSSR count). The molecule has 1 aromatic heterocycles. The Morgan fingerprint density at radius 3 is 3.00 bits per heavy atom. The van der Waals surface area contributed by atoms with Gasteiger partial charge < -0.3 is 14.8 Å². The smallest absolute Gasteiger partial charge is 0.262 e. The fourth-order valence-corrected chi connectivity index (χ4v) is 3.80. The minimum Gasteiger partial charge on any atom is -0.493 e. The van der Waals surface area contributed by atoms with Crippen LogP contribution in [0.15, 0.2) is 57.9 Å². The lowest BCUT2D eigenvalue weighted by Crippen LogP contribution is -2.25. The maximum atomic E-state index is 11.6. The highest BCUT2D eigenvalue weighted by molar-refractivity contribution is 7.07. The number of anilines is 1. The van der Waals surface area contributed by atoms with E-state index in [1.54, 1.807) is 17.9 Å². The third-order valence-electron chi connectivity index (χ3n) is 4.32. The number of fused-ring (bicyclic) bond motifs is 1. The highest BCUT2D eigenvalue weighted by Gasteiger charge is 2.17. The molecule has 0 saturated heterocycles. The van der Waals surface area contributed by atoms with Gasteiger partial charge in [-0.3, -0.25) is 9.79 Å². The molecule has 148 valence electrons. The van der Waals surface area contributed by atoms with Crippen molar-refractivity contribution in [3.05, 3.63) is 58.2 Å². The highest BCUT2D eigenvalue weighted by atomic mass is 32.1. The molecule has 2 heterocycles. The summed E-state index contributed by atoms with van der Waals surface area (Å²) in [5, 5.41) is 9.49. The van der Waals surface area contributed by atoms with Crippen molar-refractivity contribution in [1.29, 1.82) is 0 Å². The molecule has 0 spiro atoms. The van der Waals surface area contributed by atoms with Crippen LogP contribution < -0.4 is 19.6 Å². The Hall–Kier alpha value is -3.39. The predicted octanol–water partition coefficient (Wildman–Crippen LogP) is 3.36. The van der Waals surface area contributed by atoms with E-state index in [4.69, 9.17) is 9.47 Å². The average Bonchev–Trinajstić information content (AvgIpc) is 3.15. The van der Waals surface area contributed by atoms with Gasteiger partial charge in [0.2, 0.25) is 4.80 Å². The summed E-state index contributed by atoms with van der Waals surface area (Å²) in [6.07, 6.45) is 1.76. The SMILES string of the molecule is CCOc1ccccc1C=Nn1c(-c2ccc3c(c2)NC(=O)CO3)csc1=NC. The van der Waals surface area contributed by atoms with Crippen molar-refractivity contribution < 1.29 is 14.3 Å². The van der Waals surface area contributed by atoms with Gasteiger partial charge in [0.25, 0.3) is 5.91 Å². The van der Waals surface area contributed by atoms with Gasteiger partial charge in [0.1, 0.15) is 11.5 Å². The number of ether oxygens (including phenoxy) is 2. The van der Waals surface area contributed by atoms with Gasteiger partial charge in [0.05, 0.1) is 24.2 Å². The molecule has 0 saturated carbocycles. The Labute approximate surface area is 171 Å². The molecule has 1 amide bonds. The predicted molar refractivity (Wildman–Crippen MR) is 114 cm³/mol. The van der Waals surface area contributed by atoms with E-state index in [2.05, 4.69) is 15.4 Å². The van der Waals surface area contributed by atoms with Crippen molar-refractivity contribution in [3.63, 3.8) is 0 Å². The zero-order valence-electron chi connectivity index (χ0n) is 16.1. The molecule has 0 radical (unpaired) electrons. The second-order valence-electron chi connectivity index (χ2n) is 6.20. The van der Waals surface area contributed by atoms with E-state index in [0.717, 1.165) is 27.4 Å². The molecule has 0 bridgehead atoms. The maximum absolute atomic E-state index is 11.6. The summed E-state index contributed by atoms with van der Waals surface area (Å²) in [6.45, 7) is 2.57. The molecule has 1 aliphatic heterocycles. The van der Waals surface area contributed by atoms with E-state index in [1.165, 1.54) is 11.3 Å². The second kappa shape index (κ2) is 8.32. The first-order valence-corrected chi connectivity index (χ1v) is 10.0. The molecule has 0 unspecified atom stereocenters. The number of benzene rings is 2. The number of aromatic nitrogens is 1. The molecule has 3 aromatic rings. The molecule has 8 heteroatoms. The first-order chi connectivity index (χ1) is 14.2. The molecule has 0 fully saturated rings. The zero-order chi connectivity index (χ0) is 20.2. The number of nitrogens with one attached hydrogen (secondary N) is 1. The van der Waals surface area contributed by atoms with Gasteiger partial charge in [0.15, 0.2) is 6.61 Å². The quantitative estimate of drug-likeness (QED) is 0.658. The molecule has 7 nitrogen and oxygen atoms in total. The van der Waals surface area contributed by atoms with Crippen molar-refractivity contribution in [2.45, 2.75) is 6.92 Å². The minimum absolute atomic E-state index is 0.0349. The highest BCUT2D eigenvalue weighted by Crippen LogP contribution is 2.32. The number of carbonyl (C=O) groups is 1. The normalized spacial score (nSPS) is 13.9. The molecule has 0 atom stereocenters. The summed E-state index contributed by atoms with van der Waals surface area (Å²) < 4.78 is 12.9. The van der Waals surface area contributed by atoms with Gasteiger partial charge in [0, 0.05) is 23.6 Å². The lowest BCUT2D eigenvalue weighted by molar-refractivity contribution is -0.118. The summed E-state index contributed by atoms with van der Waals surface area (Å²) in [6, 6.07) is 13.4. The number of hydrogen-bond acceptors (Lipinski definition) is 6. The lowest BCUT2D eigenvalue weighted by atomic mass is 10.1. The number of carbonyl (C=O) groups excluding carboxylic acids is 1. The van der Waals surface area contributed by atoms with Gasteiger partial charge >= 0.3 is 0 Å². The van der Waals surface area contributed by atoms with Gasteiger partial charge in [-0.25, -0.2) is 4.68 Å². The largest absolute Gasteiger partial charge is 0.493 e. The van der Waals surface area contributed by atoms with Gasteiger partial charge in [-0.15, -0.1) is 11.3 Å². The fraction of sp³-hybridized carbons (Fsp3) is 0.190. The fourth-order valence-electron chi connectivity index (χ4n) is 3.00. The van der Waals surface area contributed by atoms with E-state index in [-0.39, 0.29) is 12.5 Å². The lowest BCUT2D eigenvalue weighted by Gasteiger charge is -2.18. The molecule has 1 N–H and O–H groups in total. The van der Waals surface area contributed by atoms with Crippen LogP contribution in [0.5, 0.6) is 11.5 Å². The number of nitrogens with zero attached hydrogens (tertiary/aromatic N) is 3. The molecular formula is C21H20N4O3S. The zero-order valence-corrected chi connectivity index (χ0v) is 16.9. The topological polar surface area (TPSA) is 77.2 Å². The summed E-state index contributed by atoms with van der Waals surface area (Å²) in [5.41, 5.74) is 3.30. The summed E-state index contributed by atoms with van der Waals surface area (Å²) >= 11 is 1.49. The van der Waals surface area contributed by atoms with Gasteiger partial charge in [-0.2, -0.15) is 5.10 Å². The second-order valence-corrected chi connectivity index (χ2v) is 7.04. The molecule has 29 heavy (non-hydrogen) atoms. The molecule has 0 aliphatic carbocycles. The van der Waals surface area contributed by atoms with E-state index >= 15 is 0 Å². The minimum atomic E-state index is -0.164. The Morgan fingerprint density at radius 2 is 2.17 bits per heavy atom. The van der Waals surface area contributed by atoms with Crippen LogP contribution in [0, 0.1) is 0 Å². The number of thiazole rings is 1. The first kappa shape index (κ1) is 18.9. The van der Waals surface area contributed by atoms with Crippen molar-refractivity contribution in [3.8, 4) is 22.8 Å². The van der Waals surface area contributed by atoms with Crippen LogP contribution >= 0.6 is 11.3 Å². The average molecular weight is 408 g/mol. The molecule has 2 aromatic carbocycles. The molecular weight excluding hydrogens is 388 g/mol. The first-order valence-electron chi connectivity index (χ1n) is 9.16. The Kier molecular flexibility index (Phi) is 5.44. The monoisotopic (exact) mass is 408 g/mol. The van der Waals surface area contributed by atoms with Crippen LogP contribution in [-0.2, 0) is 4.79 Å². The van der Waals surface area contributed by atoms with E-state index < -0.39 is 0 Å². The number of para-hydroxylation sites is 1. The maximum Gasteiger partial charge on any atom is 0.262 e. The molecule has 1 aliphatic rings. The Balaban J connectivity index is 1.74. The van der Waals surface area contributed by atoms with E-state index in [9.17, 15) is 4.79 Å². The standard InChI is InChI=1S/C21H20N4O3S/c1-3-27-18-7-5-4-6-15(18)11-23-25-17(13-29-21(25)22-2)14-8-9-19-16(10-14)24-20(26)12-28-19/h4-11,13H,3,12H2,1-2H3,(H,24,26). The van der Waals surface area contributed by atoms with Crippen molar-refractivity contribution in [2.24, 2.45) is 10.1 Å². The summed E-state index contributed by atoms with van der Waals surface area (Å²) in [4.78, 5) is 16.7. The van der Waals surface area contributed by atoms with Crippen LogP contribution in [0.25, 0.3) is 11.3 Å². The van der Waals surface area contributed by atoms with Gasteiger partial charge in [-0.05, 0) is 37.3 Å². The van der Waals surface area contributed by atoms with Crippen LogP contribution in [0.1, 0.15) is 12.5 Å². The Bertz CT molecular complexity index is 1150. The number of amides is 1. The van der Waals surface area contributed by atoms with Crippen LogP contribution in [0.3, 0.4) is 0 Å². The summed E-state index contributed by atoms with van der Waals surface area (Å²) in [5.74, 6) is 1.27. The number of hydrogen-bond donors (Lipinski definition) is 1. The van der Waals surface area contributed by atoms with Crippen molar-refractivity contribution in [2.75, 3.05) is 25.6 Å². The van der Waals surface area contributed by atoms with E-state index in [0.29, 0.717) is 18.0 Å². The van der Waals surface area contributed by atoms with Gasteiger partial charge in [-0.1, -0.05) is 12.1 Å².